The van der Waals surface area contributed by atoms with Crippen molar-refractivity contribution in [2.75, 3.05) is 20.3 Å². The number of carbonyl (C=O) groups excluding carboxylic acids is 1. The van der Waals surface area contributed by atoms with Crippen LogP contribution in [-0.4, -0.2) is 36.6 Å². The van der Waals surface area contributed by atoms with E-state index in [9.17, 15) is 10.1 Å². The minimum absolute atomic E-state index is 0.162. The number of carbonyl (C=O) groups is 1. The monoisotopic (exact) mass is 342 g/mol. The van der Waals surface area contributed by atoms with Crippen LogP contribution in [0.5, 0.6) is 11.5 Å². The van der Waals surface area contributed by atoms with Crippen LogP contribution in [0.1, 0.15) is 45.1 Å². The van der Waals surface area contributed by atoms with Gasteiger partial charge < -0.3 is 14.4 Å². The molecule has 1 aromatic rings. The molecule has 0 saturated heterocycles. The van der Waals surface area contributed by atoms with Gasteiger partial charge in [-0.1, -0.05) is 13.0 Å². The Morgan fingerprint density at radius 3 is 2.64 bits per heavy atom. The summed E-state index contributed by atoms with van der Waals surface area (Å²) in [7, 11) is 1.70. The molecule has 1 aliphatic carbocycles. The van der Waals surface area contributed by atoms with Gasteiger partial charge in [-0.3, -0.25) is 4.79 Å². The Kier molecular flexibility index (Phi) is 6.46. The van der Waals surface area contributed by atoms with Gasteiger partial charge >= 0.3 is 0 Å². The molecule has 0 radical (unpaired) electrons. The van der Waals surface area contributed by atoms with E-state index in [-0.39, 0.29) is 5.91 Å². The van der Waals surface area contributed by atoms with Crippen LogP contribution in [-0.2, 0) is 4.79 Å². The van der Waals surface area contributed by atoms with Crippen molar-refractivity contribution in [3.05, 3.63) is 29.8 Å². The summed E-state index contributed by atoms with van der Waals surface area (Å²) < 4.78 is 11.3. The van der Waals surface area contributed by atoms with E-state index >= 15 is 0 Å². The smallest absolute Gasteiger partial charge is 0.247 e. The Morgan fingerprint density at radius 2 is 2.08 bits per heavy atom. The third kappa shape index (κ3) is 4.33. The van der Waals surface area contributed by atoms with Crippen molar-refractivity contribution in [3.63, 3.8) is 0 Å². The number of likely N-dealkylation sites (N-methyl/N-ethyl adjacent to an activating group) is 1. The first-order valence-electron chi connectivity index (χ1n) is 8.83. The lowest BCUT2D eigenvalue weighted by Crippen LogP contribution is -2.52. The van der Waals surface area contributed by atoms with Gasteiger partial charge in [0.1, 0.15) is 5.54 Å². The van der Waals surface area contributed by atoms with Crippen LogP contribution in [0.4, 0.5) is 0 Å². The molecular weight excluding hydrogens is 316 g/mol. The second-order valence-corrected chi connectivity index (χ2v) is 6.22. The van der Waals surface area contributed by atoms with Crippen LogP contribution in [0.15, 0.2) is 24.3 Å². The number of hydrogen-bond donors (Lipinski definition) is 0. The molecule has 1 aromatic carbocycles. The Balaban J connectivity index is 2.10. The number of amides is 1. The summed E-state index contributed by atoms with van der Waals surface area (Å²) in [6.45, 7) is 5.15. The summed E-state index contributed by atoms with van der Waals surface area (Å²) in [6, 6.07) is 7.89. The third-order valence-electron chi connectivity index (χ3n) is 4.51. The fraction of sp³-hybridized carbons (Fsp3) is 0.500. The molecule has 2 rings (SSSR count). The summed E-state index contributed by atoms with van der Waals surface area (Å²) in [5.41, 5.74) is 0.226. The van der Waals surface area contributed by atoms with Crippen LogP contribution in [0.3, 0.4) is 0 Å². The minimum Gasteiger partial charge on any atom is -0.490 e. The molecule has 0 aromatic heterocycles. The maximum Gasteiger partial charge on any atom is 0.247 e. The average molecular weight is 342 g/mol. The van der Waals surface area contributed by atoms with E-state index in [0.717, 1.165) is 31.2 Å². The lowest BCUT2D eigenvalue weighted by Gasteiger charge is -2.42. The van der Waals surface area contributed by atoms with E-state index in [1.165, 1.54) is 6.08 Å². The van der Waals surface area contributed by atoms with Gasteiger partial charge in [0.25, 0.3) is 0 Å². The molecule has 134 valence electrons. The fourth-order valence-electron chi connectivity index (χ4n) is 2.75. The fourth-order valence-corrected chi connectivity index (χ4v) is 2.75. The van der Waals surface area contributed by atoms with Crippen LogP contribution in [0, 0.1) is 11.3 Å². The zero-order valence-corrected chi connectivity index (χ0v) is 15.2. The van der Waals surface area contributed by atoms with Crippen molar-refractivity contribution in [2.24, 2.45) is 0 Å². The predicted octanol–water partition coefficient (Wildman–Crippen LogP) is 3.79. The van der Waals surface area contributed by atoms with E-state index in [4.69, 9.17) is 9.47 Å². The molecule has 0 bridgehead atoms. The summed E-state index contributed by atoms with van der Waals surface area (Å²) in [5, 5.41) is 9.34. The van der Waals surface area contributed by atoms with Crippen molar-refractivity contribution in [1.29, 1.82) is 5.26 Å². The summed E-state index contributed by atoms with van der Waals surface area (Å²) >= 11 is 0. The zero-order valence-electron chi connectivity index (χ0n) is 15.2. The Morgan fingerprint density at radius 1 is 1.32 bits per heavy atom. The first-order chi connectivity index (χ1) is 12.1. The summed E-state index contributed by atoms with van der Waals surface area (Å²) in [6.07, 6.45) is 6.67. The molecule has 0 unspecified atom stereocenters. The second kappa shape index (κ2) is 8.57. The average Bonchev–Trinajstić information content (AvgIpc) is 2.58. The molecule has 1 amide bonds. The van der Waals surface area contributed by atoms with Gasteiger partial charge in [-0.25, -0.2) is 0 Å². The van der Waals surface area contributed by atoms with E-state index in [2.05, 4.69) is 13.0 Å². The number of rotatable bonds is 8. The molecule has 0 heterocycles. The highest BCUT2D eigenvalue weighted by atomic mass is 16.5. The molecular formula is C20H26N2O3. The van der Waals surface area contributed by atoms with Crippen molar-refractivity contribution >= 4 is 12.0 Å². The topological polar surface area (TPSA) is 62.6 Å². The van der Waals surface area contributed by atoms with Crippen LogP contribution < -0.4 is 9.47 Å². The highest BCUT2D eigenvalue weighted by Crippen LogP contribution is 2.36. The van der Waals surface area contributed by atoms with Gasteiger partial charge in [-0.15, -0.1) is 0 Å². The van der Waals surface area contributed by atoms with Gasteiger partial charge in [-0.05, 0) is 56.4 Å². The van der Waals surface area contributed by atoms with Gasteiger partial charge in [-0.2, -0.15) is 5.26 Å². The van der Waals surface area contributed by atoms with Gasteiger partial charge in [0.2, 0.25) is 5.91 Å². The SMILES string of the molecule is CCCOc1ccc(/C=C/C(=O)N(C)C2(C#N)CCC2)cc1OCC. The van der Waals surface area contributed by atoms with Gasteiger partial charge in [0.15, 0.2) is 11.5 Å². The van der Waals surface area contributed by atoms with Crippen molar-refractivity contribution in [3.8, 4) is 17.6 Å². The van der Waals surface area contributed by atoms with Crippen LogP contribution in [0.2, 0.25) is 0 Å². The molecule has 0 spiro atoms. The summed E-state index contributed by atoms with van der Waals surface area (Å²) in [5.74, 6) is 1.22. The van der Waals surface area contributed by atoms with Crippen LogP contribution >= 0.6 is 0 Å². The van der Waals surface area contributed by atoms with Gasteiger partial charge in [0.05, 0.1) is 19.3 Å². The summed E-state index contributed by atoms with van der Waals surface area (Å²) in [4.78, 5) is 13.9. The highest BCUT2D eigenvalue weighted by Gasteiger charge is 2.42. The third-order valence-corrected chi connectivity index (χ3v) is 4.51. The molecule has 25 heavy (non-hydrogen) atoms. The molecule has 5 nitrogen and oxygen atoms in total. The van der Waals surface area contributed by atoms with E-state index < -0.39 is 5.54 Å². The van der Waals surface area contributed by atoms with Crippen molar-refractivity contribution in [2.45, 2.75) is 45.1 Å². The van der Waals surface area contributed by atoms with Crippen molar-refractivity contribution < 1.29 is 14.3 Å². The number of nitriles is 1. The molecule has 5 heteroatoms. The standard InChI is InChI=1S/C20H26N2O3/c1-4-13-25-17-9-7-16(14-18(17)24-5-2)8-10-19(23)22(3)20(15-21)11-6-12-20/h7-10,14H,4-6,11-13H2,1-3H3/b10-8+. The van der Waals surface area contributed by atoms with Crippen LogP contribution in [0.25, 0.3) is 6.08 Å². The highest BCUT2D eigenvalue weighted by molar-refractivity contribution is 5.92. The number of ether oxygens (including phenoxy) is 2. The molecule has 1 fully saturated rings. The quantitative estimate of drug-likeness (QED) is 0.674. The van der Waals surface area contributed by atoms with Crippen molar-refractivity contribution in [1.82, 2.24) is 4.90 Å². The predicted molar refractivity (Wildman–Crippen MR) is 97.4 cm³/mol. The molecule has 0 atom stereocenters. The first kappa shape index (κ1) is 18.9. The number of hydrogen-bond acceptors (Lipinski definition) is 4. The van der Waals surface area contributed by atoms with E-state index in [1.54, 1.807) is 18.0 Å². The largest absolute Gasteiger partial charge is 0.490 e. The van der Waals surface area contributed by atoms with Gasteiger partial charge in [0, 0.05) is 13.1 Å². The van der Waals surface area contributed by atoms with E-state index in [1.807, 2.05) is 25.1 Å². The lowest BCUT2D eigenvalue weighted by atomic mass is 9.76. The Bertz CT molecular complexity index is 672. The zero-order chi connectivity index (χ0) is 18.3. The molecule has 0 aliphatic heterocycles. The number of nitrogens with zero attached hydrogens (tertiary/aromatic N) is 2. The Labute approximate surface area is 149 Å². The normalized spacial score (nSPS) is 15.3. The first-order valence-corrected chi connectivity index (χ1v) is 8.83. The maximum absolute atomic E-state index is 12.4. The maximum atomic E-state index is 12.4. The molecule has 1 saturated carbocycles. The molecule has 1 aliphatic rings. The lowest BCUT2D eigenvalue weighted by molar-refractivity contribution is -0.130. The second-order valence-electron chi connectivity index (χ2n) is 6.22. The Hall–Kier alpha value is -2.48. The molecule has 0 N–H and O–H groups in total. The van der Waals surface area contributed by atoms with E-state index in [0.29, 0.717) is 24.7 Å². The minimum atomic E-state index is -0.629. The number of benzene rings is 1.